The van der Waals surface area contributed by atoms with Crippen LogP contribution in [0.1, 0.15) is 16.7 Å². The van der Waals surface area contributed by atoms with Gasteiger partial charge in [-0.05, 0) is 66.4 Å². The molecule has 1 heterocycles. The minimum absolute atomic E-state index is 0.154. The predicted octanol–water partition coefficient (Wildman–Crippen LogP) is 4.64. The highest BCUT2D eigenvalue weighted by Crippen LogP contribution is 2.26. The average Bonchev–Trinajstić information content (AvgIpc) is 2.79. The fraction of sp³-hybridized carbons (Fsp3) is 0.115. The van der Waals surface area contributed by atoms with Crippen LogP contribution in [0.25, 0.3) is 16.8 Å². The first-order chi connectivity index (χ1) is 15.8. The summed E-state index contributed by atoms with van der Waals surface area (Å²) in [6.07, 6.45) is 1.71. The molecule has 0 saturated carbocycles. The van der Waals surface area contributed by atoms with Crippen LogP contribution >= 0.6 is 11.6 Å². The van der Waals surface area contributed by atoms with E-state index in [9.17, 15) is 14.4 Å². The molecule has 33 heavy (non-hydrogen) atoms. The number of H-pyrrole nitrogens is 1. The number of carbonyl (C=O) groups is 1. The lowest BCUT2D eigenvalue weighted by Crippen LogP contribution is -2.29. The number of hydrogen-bond acceptors (Lipinski definition) is 3. The number of anilines is 1. The first-order valence-electron chi connectivity index (χ1n) is 10.4. The van der Waals surface area contributed by atoms with E-state index in [0.717, 1.165) is 22.3 Å². The number of aromatic amines is 1. The van der Waals surface area contributed by atoms with Gasteiger partial charge in [-0.1, -0.05) is 48.0 Å². The summed E-state index contributed by atoms with van der Waals surface area (Å²) in [5, 5.41) is 3.58. The maximum atomic E-state index is 12.6. The van der Waals surface area contributed by atoms with E-state index in [1.165, 1.54) is 10.8 Å². The molecule has 0 fully saturated rings. The minimum Gasteiger partial charge on any atom is -0.326 e. The smallest absolute Gasteiger partial charge is 0.326 e. The van der Waals surface area contributed by atoms with E-state index in [0.29, 0.717) is 22.0 Å². The molecule has 0 aliphatic carbocycles. The van der Waals surface area contributed by atoms with Gasteiger partial charge in [-0.25, -0.2) is 4.79 Å². The molecular formula is C26H22ClN3O3. The monoisotopic (exact) mass is 459 g/mol. The molecule has 0 atom stereocenters. The normalized spacial score (nSPS) is 10.8. The lowest BCUT2D eigenvalue weighted by molar-refractivity contribution is -0.115. The molecule has 0 radical (unpaired) electrons. The Hall–Kier alpha value is -3.90. The van der Waals surface area contributed by atoms with E-state index in [4.69, 9.17) is 11.6 Å². The van der Waals surface area contributed by atoms with Crippen LogP contribution in [0.4, 0.5) is 5.69 Å². The third-order valence-electron chi connectivity index (χ3n) is 5.35. The number of amides is 1. The van der Waals surface area contributed by atoms with Crippen molar-refractivity contribution in [1.82, 2.24) is 9.55 Å². The van der Waals surface area contributed by atoms with Gasteiger partial charge in [-0.15, -0.1) is 0 Å². The summed E-state index contributed by atoms with van der Waals surface area (Å²) in [5.41, 5.74) is 4.59. The highest BCUT2D eigenvalue weighted by molar-refractivity contribution is 6.31. The van der Waals surface area contributed by atoms with Crippen LogP contribution in [0.3, 0.4) is 0 Å². The summed E-state index contributed by atoms with van der Waals surface area (Å²) in [6, 6.07) is 20.5. The lowest BCUT2D eigenvalue weighted by Gasteiger charge is -2.10. The van der Waals surface area contributed by atoms with Gasteiger partial charge in [0, 0.05) is 22.5 Å². The SMILES string of the molecule is Cc1ccc(-c2cccc(CC(=O)Nc3ccc(-n4cc(C)c(=O)[nH]c4=O)cc3)c2)cc1Cl. The van der Waals surface area contributed by atoms with E-state index >= 15 is 0 Å². The van der Waals surface area contributed by atoms with E-state index in [2.05, 4.69) is 10.3 Å². The summed E-state index contributed by atoms with van der Waals surface area (Å²) in [6.45, 7) is 3.59. The zero-order valence-electron chi connectivity index (χ0n) is 18.2. The molecule has 7 heteroatoms. The van der Waals surface area contributed by atoms with Gasteiger partial charge in [0.1, 0.15) is 0 Å². The lowest BCUT2D eigenvalue weighted by atomic mass is 10.0. The summed E-state index contributed by atoms with van der Waals surface area (Å²) in [5.74, 6) is -0.154. The quantitative estimate of drug-likeness (QED) is 0.456. The molecule has 4 aromatic rings. The maximum Gasteiger partial charge on any atom is 0.332 e. The van der Waals surface area contributed by atoms with Gasteiger partial charge in [0.05, 0.1) is 12.1 Å². The molecule has 4 rings (SSSR count). The maximum absolute atomic E-state index is 12.6. The molecule has 0 spiro atoms. The molecule has 2 N–H and O–H groups in total. The molecular weight excluding hydrogens is 438 g/mol. The summed E-state index contributed by atoms with van der Waals surface area (Å²) < 4.78 is 1.35. The number of carbonyl (C=O) groups excluding carboxylic acids is 1. The van der Waals surface area contributed by atoms with E-state index < -0.39 is 11.2 Å². The molecule has 6 nitrogen and oxygen atoms in total. The Balaban J connectivity index is 1.46. The highest BCUT2D eigenvalue weighted by Gasteiger charge is 2.08. The van der Waals surface area contributed by atoms with Crippen molar-refractivity contribution in [2.24, 2.45) is 0 Å². The Morgan fingerprint density at radius 2 is 1.67 bits per heavy atom. The highest BCUT2D eigenvalue weighted by atomic mass is 35.5. The van der Waals surface area contributed by atoms with Crippen LogP contribution in [0.5, 0.6) is 0 Å². The topological polar surface area (TPSA) is 84.0 Å². The second-order valence-electron chi connectivity index (χ2n) is 7.88. The summed E-state index contributed by atoms with van der Waals surface area (Å²) in [4.78, 5) is 38.5. The van der Waals surface area contributed by atoms with Gasteiger partial charge < -0.3 is 5.32 Å². The zero-order chi connectivity index (χ0) is 23.5. The molecule has 0 aliphatic heterocycles. The Kier molecular flexibility index (Phi) is 6.29. The predicted molar refractivity (Wildman–Crippen MR) is 131 cm³/mol. The van der Waals surface area contributed by atoms with Crippen molar-refractivity contribution in [1.29, 1.82) is 0 Å². The number of aromatic nitrogens is 2. The zero-order valence-corrected chi connectivity index (χ0v) is 18.9. The van der Waals surface area contributed by atoms with Crippen molar-refractivity contribution < 1.29 is 4.79 Å². The van der Waals surface area contributed by atoms with Crippen LogP contribution in [-0.4, -0.2) is 15.5 Å². The Morgan fingerprint density at radius 1 is 0.939 bits per heavy atom. The van der Waals surface area contributed by atoms with E-state index in [-0.39, 0.29) is 12.3 Å². The number of rotatable bonds is 5. The Morgan fingerprint density at radius 3 is 2.39 bits per heavy atom. The first-order valence-corrected chi connectivity index (χ1v) is 10.8. The van der Waals surface area contributed by atoms with Crippen molar-refractivity contribution in [2.45, 2.75) is 20.3 Å². The minimum atomic E-state index is -0.517. The molecule has 3 aromatic carbocycles. The van der Waals surface area contributed by atoms with Crippen molar-refractivity contribution in [2.75, 3.05) is 5.32 Å². The Labute approximate surface area is 195 Å². The third kappa shape index (κ3) is 5.13. The molecule has 0 aliphatic rings. The summed E-state index contributed by atoms with van der Waals surface area (Å²) >= 11 is 6.25. The first kappa shape index (κ1) is 22.3. The Bertz CT molecular complexity index is 1450. The van der Waals surface area contributed by atoms with Gasteiger partial charge in [-0.2, -0.15) is 0 Å². The third-order valence-corrected chi connectivity index (χ3v) is 5.75. The van der Waals surface area contributed by atoms with Crippen molar-refractivity contribution in [3.05, 3.63) is 115 Å². The van der Waals surface area contributed by atoms with Gasteiger partial charge in [0.15, 0.2) is 0 Å². The molecule has 1 aromatic heterocycles. The van der Waals surface area contributed by atoms with Crippen LogP contribution < -0.4 is 16.6 Å². The van der Waals surface area contributed by atoms with Gasteiger partial charge >= 0.3 is 5.69 Å². The molecule has 0 saturated heterocycles. The fourth-order valence-electron chi connectivity index (χ4n) is 3.49. The molecule has 0 unspecified atom stereocenters. The number of benzene rings is 3. The number of nitrogens with zero attached hydrogens (tertiary/aromatic N) is 1. The van der Waals surface area contributed by atoms with Gasteiger partial charge in [0.2, 0.25) is 5.91 Å². The second kappa shape index (κ2) is 9.30. The van der Waals surface area contributed by atoms with Crippen LogP contribution in [0.15, 0.2) is 82.5 Å². The van der Waals surface area contributed by atoms with Crippen LogP contribution in [-0.2, 0) is 11.2 Å². The van der Waals surface area contributed by atoms with E-state index in [1.54, 1.807) is 31.2 Å². The fourth-order valence-corrected chi connectivity index (χ4v) is 3.67. The number of aryl methyl sites for hydroxylation is 2. The number of nitrogens with one attached hydrogen (secondary N) is 2. The van der Waals surface area contributed by atoms with Crippen molar-refractivity contribution in [3.63, 3.8) is 0 Å². The average molecular weight is 460 g/mol. The van der Waals surface area contributed by atoms with Crippen LogP contribution in [0.2, 0.25) is 5.02 Å². The second-order valence-corrected chi connectivity index (χ2v) is 8.28. The number of hydrogen-bond donors (Lipinski definition) is 2. The van der Waals surface area contributed by atoms with Crippen molar-refractivity contribution >= 4 is 23.2 Å². The van der Waals surface area contributed by atoms with Gasteiger partial charge in [0.25, 0.3) is 5.56 Å². The molecule has 166 valence electrons. The molecule has 0 bridgehead atoms. The van der Waals surface area contributed by atoms with Crippen molar-refractivity contribution in [3.8, 4) is 16.8 Å². The largest absolute Gasteiger partial charge is 0.332 e. The summed E-state index contributed by atoms with van der Waals surface area (Å²) in [7, 11) is 0. The van der Waals surface area contributed by atoms with E-state index in [1.807, 2.05) is 49.4 Å². The number of halogens is 1. The standard InChI is InChI=1S/C26H22ClN3O3/c1-16-6-7-20(14-23(16)27)19-5-3-4-18(12-19)13-24(31)28-21-8-10-22(11-9-21)30-15-17(2)25(32)29-26(30)33/h3-12,14-15H,13H2,1-2H3,(H,28,31)(H,29,32,33). The van der Waals surface area contributed by atoms with Crippen LogP contribution in [0, 0.1) is 13.8 Å². The molecule has 1 amide bonds. The van der Waals surface area contributed by atoms with Gasteiger partial charge in [-0.3, -0.25) is 19.1 Å².